The first kappa shape index (κ1) is 75.8. The number of ether oxygens (including phenoxy) is 3. The van der Waals surface area contributed by atoms with Gasteiger partial charge in [0.05, 0.1) is 0 Å². The zero-order chi connectivity index (χ0) is 57.1. The Morgan fingerprint density at radius 3 is 0.823 bits per heavy atom. The molecule has 1 atom stereocenters. The molecule has 0 aromatic rings. The van der Waals surface area contributed by atoms with Crippen LogP contribution in [0, 0.1) is 0 Å². The van der Waals surface area contributed by atoms with Crippen LogP contribution in [0.4, 0.5) is 0 Å². The standard InChI is InChI=1S/C73H130O6/c1-4-7-10-13-16-19-22-24-26-27-28-29-30-31-32-33-34-35-36-37-38-39-40-41-42-43-44-45-47-48-51-54-57-60-63-66-72(75)78-69-70(68-77-71(74)65-62-59-56-53-50-21-18-15-12-9-6-3)79-73(76)67-64-61-58-55-52-49-46-25-23-20-17-14-11-8-5-2/h7,10,15-16,18-19,24,26,28-29,31-32,70H,4-6,8-9,11-14,17,20-23,25,27,30,33-69H2,1-3H3/b10-7-,18-15-,19-16-,26-24-,29-28-,32-31-. The lowest BCUT2D eigenvalue weighted by Crippen LogP contribution is -2.30. The minimum atomic E-state index is -0.773. The summed E-state index contributed by atoms with van der Waals surface area (Å²) in [5.74, 6) is -0.861. The number of unbranched alkanes of at least 4 members (excludes halogenated alkanes) is 40. The zero-order valence-corrected chi connectivity index (χ0v) is 52.6. The molecule has 1 unspecified atom stereocenters. The molecule has 0 aromatic heterocycles. The molecule has 0 N–H and O–H groups in total. The van der Waals surface area contributed by atoms with E-state index in [1.54, 1.807) is 0 Å². The summed E-state index contributed by atoms with van der Waals surface area (Å²) in [6, 6.07) is 0. The Balaban J connectivity index is 4.05. The van der Waals surface area contributed by atoms with Crippen LogP contribution in [0.3, 0.4) is 0 Å². The second kappa shape index (κ2) is 67.4. The van der Waals surface area contributed by atoms with Crippen molar-refractivity contribution in [3.63, 3.8) is 0 Å². The minimum absolute atomic E-state index is 0.0715. The van der Waals surface area contributed by atoms with Crippen LogP contribution in [-0.2, 0) is 28.6 Å². The lowest BCUT2D eigenvalue weighted by Gasteiger charge is -2.18. The molecule has 0 bridgehead atoms. The van der Waals surface area contributed by atoms with Gasteiger partial charge in [-0.15, -0.1) is 0 Å². The van der Waals surface area contributed by atoms with Gasteiger partial charge in [-0.25, -0.2) is 0 Å². The fraction of sp³-hybridized carbons (Fsp3) is 0.795. The summed E-state index contributed by atoms with van der Waals surface area (Å²) >= 11 is 0. The van der Waals surface area contributed by atoms with Gasteiger partial charge in [-0.2, -0.15) is 0 Å². The maximum atomic E-state index is 12.9. The molecule has 458 valence electrons. The Kier molecular flexibility index (Phi) is 64.7. The summed E-state index contributed by atoms with van der Waals surface area (Å²) in [5, 5.41) is 0. The molecule has 0 aromatic carbocycles. The van der Waals surface area contributed by atoms with Crippen molar-refractivity contribution in [3.05, 3.63) is 72.9 Å². The summed E-state index contributed by atoms with van der Waals surface area (Å²) in [6.45, 7) is 6.53. The van der Waals surface area contributed by atoms with Gasteiger partial charge in [-0.3, -0.25) is 14.4 Å². The predicted octanol–water partition coefficient (Wildman–Crippen LogP) is 23.7. The summed E-state index contributed by atoms with van der Waals surface area (Å²) in [4.78, 5) is 38.2. The van der Waals surface area contributed by atoms with Crippen LogP contribution in [0.1, 0.15) is 355 Å². The fourth-order valence-electron chi connectivity index (χ4n) is 10.0. The van der Waals surface area contributed by atoms with E-state index < -0.39 is 6.10 Å². The highest BCUT2D eigenvalue weighted by Gasteiger charge is 2.19. The molecule has 0 aliphatic rings. The van der Waals surface area contributed by atoms with E-state index >= 15 is 0 Å². The van der Waals surface area contributed by atoms with E-state index in [0.717, 1.165) is 96.3 Å². The number of carbonyl (C=O) groups excluding carboxylic acids is 3. The van der Waals surface area contributed by atoms with Crippen molar-refractivity contribution in [1.29, 1.82) is 0 Å². The second-order valence-electron chi connectivity index (χ2n) is 23.1. The molecule has 0 saturated carbocycles. The van der Waals surface area contributed by atoms with E-state index in [1.165, 1.54) is 218 Å². The molecular weight excluding hydrogens is 973 g/mol. The van der Waals surface area contributed by atoms with Gasteiger partial charge in [0.15, 0.2) is 6.10 Å². The fourth-order valence-corrected chi connectivity index (χ4v) is 10.0. The molecular formula is C73H130O6. The maximum Gasteiger partial charge on any atom is 0.306 e. The van der Waals surface area contributed by atoms with Gasteiger partial charge in [0, 0.05) is 19.3 Å². The molecule has 0 aliphatic carbocycles. The largest absolute Gasteiger partial charge is 0.462 e. The van der Waals surface area contributed by atoms with Crippen LogP contribution in [0.5, 0.6) is 0 Å². The monoisotopic (exact) mass is 1100 g/mol. The van der Waals surface area contributed by atoms with Crippen LogP contribution >= 0.6 is 0 Å². The smallest absolute Gasteiger partial charge is 0.306 e. The van der Waals surface area contributed by atoms with Crippen LogP contribution in [-0.4, -0.2) is 37.2 Å². The average Bonchev–Trinajstić information content (AvgIpc) is 3.45. The highest BCUT2D eigenvalue weighted by molar-refractivity contribution is 5.71. The molecule has 6 heteroatoms. The summed E-state index contributed by atoms with van der Waals surface area (Å²) in [6.07, 6.45) is 88.0. The Hall–Kier alpha value is -3.15. The first-order valence-corrected chi connectivity index (χ1v) is 34.4. The van der Waals surface area contributed by atoms with Gasteiger partial charge < -0.3 is 14.2 Å². The number of hydrogen-bond donors (Lipinski definition) is 0. The topological polar surface area (TPSA) is 78.9 Å². The molecule has 0 heterocycles. The van der Waals surface area contributed by atoms with Crippen LogP contribution in [0.25, 0.3) is 0 Å². The van der Waals surface area contributed by atoms with E-state index in [4.69, 9.17) is 14.2 Å². The van der Waals surface area contributed by atoms with E-state index in [-0.39, 0.29) is 31.1 Å². The van der Waals surface area contributed by atoms with Crippen molar-refractivity contribution in [1.82, 2.24) is 0 Å². The van der Waals surface area contributed by atoms with Crippen molar-refractivity contribution in [2.45, 2.75) is 361 Å². The van der Waals surface area contributed by atoms with Gasteiger partial charge in [0.25, 0.3) is 0 Å². The number of allylic oxidation sites excluding steroid dienone is 12. The molecule has 0 rings (SSSR count). The van der Waals surface area contributed by atoms with Crippen molar-refractivity contribution in [2.75, 3.05) is 13.2 Å². The number of esters is 3. The SMILES string of the molecule is CC/C=C\C/C=C\C/C=C\C/C=C\C/C=C\CCCCCCCCCCCCCCCCCCCCCC(=O)OCC(COC(=O)CCCCCCC/C=C\CCCC)OC(=O)CCCCCCCCCCCCCCCCC. The third kappa shape index (κ3) is 65.5. The van der Waals surface area contributed by atoms with E-state index in [0.29, 0.717) is 19.3 Å². The van der Waals surface area contributed by atoms with Crippen molar-refractivity contribution >= 4 is 17.9 Å². The van der Waals surface area contributed by atoms with Crippen molar-refractivity contribution in [2.24, 2.45) is 0 Å². The molecule has 6 nitrogen and oxygen atoms in total. The minimum Gasteiger partial charge on any atom is -0.462 e. The molecule has 79 heavy (non-hydrogen) atoms. The van der Waals surface area contributed by atoms with E-state index in [1.807, 2.05) is 0 Å². The Bertz CT molecular complexity index is 1450. The van der Waals surface area contributed by atoms with Gasteiger partial charge >= 0.3 is 17.9 Å². The average molecular weight is 1100 g/mol. The van der Waals surface area contributed by atoms with Gasteiger partial charge in [0.1, 0.15) is 13.2 Å². The molecule has 0 aliphatic heterocycles. The van der Waals surface area contributed by atoms with E-state index in [2.05, 4.69) is 93.7 Å². The third-order valence-electron chi connectivity index (χ3n) is 15.2. The van der Waals surface area contributed by atoms with E-state index in [9.17, 15) is 14.4 Å². The van der Waals surface area contributed by atoms with Crippen LogP contribution in [0.2, 0.25) is 0 Å². The zero-order valence-electron chi connectivity index (χ0n) is 52.6. The Labute approximate surface area is 491 Å². The lowest BCUT2D eigenvalue weighted by atomic mass is 10.0. The van der Waals surface area contributed by atoms with Crippen LogP contribution in [0.15, 0.2) is 72.9 Å². The highest BCUT2D eigenvalue weighted by Crippen LogP contribution is 2.18. The molecule has 0 radical (unpaired) electrons. The molecule has 0 spiro atoms. The van der Waals surface area contributed by atoms with Crippen molar-refractivity contribution in [3.8, 4) is 0 Å². The summed E-state index contributed by atoms with van der Waals surface area (Å²) in [5.41, 5.74) is 0. The van der Waals surface area contributed by atoms with Gasteiger partial charge in [-0.1, -0.05) is 325 Å². The normalized spacial score (nSPS) is 12.5. The quantitative estimate of drug-likeness (QED) is 0.0261. The molecule has 0 amide bonds. The number of hydrogen-bond acceptors (Lipinski definition) is 6. The first-order valence-electron chi connectivity index (χ1n) is 34.4. The van der Waals surface area contributed by atoms with Gasteiger partial charge in [-0.05, 0) is 83.5 Å². The molecule has 0 fully saturated rings. The second-order valence-corrected chi connectivity index (χ2v) is 23.1. The number of rotatable bonds is 63. The summed E-state index contributed by atoms with van der Waals surface area (Å²) in [7, 11) is 0. The lowest BCUT2D eigenvalue weighted by molar-refractivity contribution is -0.167. The van der Waals surface area contributed by atoms with Gasteiger partial charge in [0.2, 0.25) is 0 Å². The highest BCUT2D eigenvalue weighted by atomic mass is 16.6. The molecule has 0 saturated heterocycles. The van der Waals surface area contributed by atoms with Crippen molar-refractivity contribution < 1.29 is 28.6 Å². The Morgan fingerprint density at radius 1 is 0.266 bits per heavy atom. The third-order valence-corrected chi connectivity index (χ3v) is 15.2. The number of carbonyl (C=O) groups is 3. The predicted molar refractivity (Wildman–Crippen MR) is 344 cm³/mol. The maximum absolute atomic E-state index is 12.9. The first-order chi connectivity index (χ1) is 39.0. The van der Waals surface area contributed by atoms with Crippen LogP contribution < -0.4 is 0 Å². The summed E-state index contributed by atoms with van der Waals surface area (Å²) < 4.78 is 16.9. The Morgan fingerprint density at radius 2 is 0.506 bits per heavy atom.